The molecular formula is C12H24N2O4. The predicted octanol–water partition coefficient (Wildman–Crippen LogP) is 1.65. The molecule has 6 heteroatoms. The highest BCUT2D eigenvalue weighted by atomic mass is 16.7. The van der Waals surface area contributed by atoms with Crippen molar-refractivity contribution in [1.29, 1.82) is 0 Å². The van der Waals surface area contributed by atoms with Crippen molar-refractivity contribution in [3.63, 3.8) is 0 Å². The molecule has 0 aromatic heterocycles. The van der Waals surface area contributed by atoms with Gasteiger partial charge < -0.3 is 4.74 Å². The molecule has 0 spiro atoms. The van der Waals surface area contributed by atoms with E-state index in [4.69, 9.17) is 9.57 Å². The Balaban J connectivity index is 4.76. The van der Waals surface area contributed by atoms with Crippen LogP contribution in [0.4, 0.5) is 4.79 Å². The second kappa shape index (κ2) is 6.58. The van der Waals surface area contributed by atoms with E-state index in [0.717, 1.165) is 5.06 Å². The van der Waals surface area contributed by atoms with E-state index < -0.39 is 17.7 Å². The third kappa shape index (κ3) is 4.91. The molecule has 0 radical (unpaired) electrons. The van der Waals surface area contributed by atoms with Crippen molar-refractivity contribution in [2.24, 2.45) is 0 Å². The maximum atomic E-state index is 12.0. The van der Waals surface area contributed by atoms with Crippen LogP contribution in [0.5, 0.6) is 0 Å². The quantitative estimate of drug-likeness (QED) is 0.721. The number of amides is 2. The van der Waals surface area contributed by atoms with Gasteiger partial charge in [-0.05, 0) is 27.2 Å². The fourth-order valence-corrected chi connectivity index (χ4v) is 1.38. The minimum atomic E-state index is -0.593. The Morgan fingerprint density at radius 1 is 1.22 bits per heavy atom. The summed E-state index contributed by atoms with van der Waals surface area (Å²) in [5.41, 5.74) is -0.583. The van der Waals surface area contributed by atoms with Gasteiger partial charge in [0.25, 0.3) is 5.91 Å². The van der Waals surface area contributed by atoms with Crippen molar-refractivity contribution in [2.45, 2.75) is 45.8 Å². The Kier molecular flexibility index (Phi) is 6.11. The molecule has 0 aliphatic rings. The molecule has 0 aliphatic carbocycles. The average molecular weight is 260 g/mol. The lowest BCUT2D eigenvalue weighted by molar-refractivity contribution is -0.174. The van der Waals surface area contributed by atoms with Crippen LogP contribution in [-0.2, 0) is 14.4 Å². The summed E-state index contributed by atoms with van der Waals surface area (Å²) in [7, 11) is 4.45. The maximum Gasteiger partial charge on any atom is 0.410 e. The topological polar surface area (TPSA) is 59.1 Å². The van der Waals surface area contributed by atoms with Gasteiger partial charge >= 0.3 is 6.09 Å². The third-order valence-corrected chi connectivity index (χ3v) is 2.40. The highest BCUT2D eigenvalue weighted by molar-refractivity contribution is 5.84. The summed E-state index contributed by atoms with van der Waals surface area (Å²) in [6, 6.07) is -0.593. The summed E-state index contributed by atoms with van der Waals surface area (Å²) < 4.78 is 5.22. The summed E-state index contributed by atoms with van der Waals surface area (Å²) >= 11 is 0. The molecule has 0 bridgehead atoms. The van der Waals surface area contributed by atoms with E-state index in [0.29, 0.717) is 6.42 Å². The van der Waals surface area contributed by atoms with E-state index in [1.54, 1.807) is 27.8 Å². The minimum absolute atomic E-state index is 0.284. The van der Waals surface area contributed by atoms with Crippen molar-refractivity contribution in [2.75, 3.05) is 21.2 Å². The molecule has 0 rings (SSSR count). The van der Waals surface area contributed by atoms with Gasteiger partial charge in [0.05, 0.1) is 7.11 Å². The first-order valence-corrected chi connectivity index (χ1v) is 5.91. The van der Waals surface area contributed by atoms with Gasteiger partial charge in [-0.2, -0.15) is 0 Å². The number of carbonyl (C=O) groups is 2. The Morgan fingerprint density at radius 3 is 2.06 bits per heavy atom. The van der Waals surface area contributed by atoms with Gasteiger partial charge in [-0.15, -0.1) is 0 Å². The van der Waals surface area contributed by atoms with E-state index in [-0.39, 0.29) is 5.91 Å². The molecule has 0 saturated heterocycles. The molecule has 1 unspecified atom stereocenters. The van der Waals surface area contributed by atoms with Crippen molar-refractivity contribution >= 4 is 12.0 Å². The van der Waals surface area contributed by atoms with Crippen LogP contribution in [0.25, 0.3) is 0 Å². The second-order valence-electron chi connectivity index (χ2n) is 5.03. The highest BCUT2D eigenvalue weighted by Gasteiger charge is 2.30. The minimum Gasteiger partial charge on any atom is -0.444 e. The summed E-state index contributed by atoms with van der Waals surface area (Å²) in [4.78, 5) is 30.0. The van der Waals surface area contributed by atoms with Crippen LogP contribution >= 0.6 is 0 Å². The zero-order valence-electron chi connectivity index (χ0n) is 12.3. The van der Waals surface area contributed by atoms with E-state index in [2.05, 4.69) is 0 Å². The molecule has 0 heterocycles. The van der Waals surface area contributed by atoms with Crippen LogP contribution in [0, 0.1) is 0 Å². The number of rotatable bonds is 4. The first-order valence-electron chi connectivity index (χ1n) is 5.91. The molecule has 6 nitrogen and oxygen atoms in total. The lowest BCUT2D eigenvalue weighted by Gasteiger charge is -2.31. The molecule has 106 valence electrons. The monoisotopic (exact) mass is 260 g/mol. The summed E-state index contributed by atoms with van der Waals surface area (Å²) in [6.45, 7) is 7.17. The zero-order chi connectivity index (χ0) is 14.5. The molecule has 0 aromatic rings. The number of hydroxylamine groups is 2. The largest absolute Gasteiger partial charge is 0.444 e. The van der Waals surface area contributed by atoms with Gasteiger partial charge in [0, 0.05) is 14.1 Å². The summed E-state index contributed by atoms with van der Waals surface area (Å²) in [5.74, 6) is -0.284. The SMILES string of the molecule is CCC(C(=O)N(C)OC)N(C)C(=O)OC(C)(C)C. The second-order valence-corrected chi connectivity index (χ2v) is 5.03. The van der Waals surface area contributed by atoms with Gasteiger partial charge in [-0.3, -0.25) is 14.5 Å². The lowest BCUT2D eigenvalue weighted by atomic mass is 10.2. The van der Waals surface area contributed by atoms with Gasteiger partial charge in [0.2, 0.25) is 0 Å². The van der Waals surface area contributed by atoms with Gasteiger partial charge in [-0.25, -0.2) is 9.86 Å². The molecule has 0 fully saturated rings. The Labute approximate surface area is 109 Å². The zero-order valence-corrected chi connectivity index (χ0v) is 12.3. The smallest absolute Gasteiger partial charge is 0.410 e. The van der Waals surface area contributed by atoms with E-state index in [1.807, 2.05) is 6.92 Å². The molecule has 0 aromatic carbocycles. The van der Waals surface area contributed by atoms with E-state index in [9.17, 15) is 9.59 Å². The van der Waals surface area contributed by atoms with E-state index >= 15 is 0 Å². The van der Waals surface area contributed by atoms with Crippen LogP contribution in [0.3, 0.4) is 0 Å². The third-order valence-electron chi connectivity index (χ3n) is 2.40. The average Bonchev–Trinajstić information content (AvgIpc) is 2.26. The van der Waals surface area contributed by atoms with Gasteiger partial charge in [0.15, 0.2) is 0 Å². The number of hydrogen-bond donors (Lipinski definition) is 0. The molecular weight excluding hydrogens is 236 g/mol. The molecule has 0 saturated carbocycles. The Morgan fingerprint density at radius 2 is 1.72 bits per heavy atom. The normalized spacial score (nSPS) is 12.8. The standard InChI is InChI=1S/C12H24N2O4/c1-8-9(10(15)14(6)17-7)13(5)11(16)18-12(2,3)4/h9H,8H2,1-7H3. The van der Waals surface area contributed by atoms with Crippen LogP contribution < -0.4 is 0 Å². The van der Waals surface area contributed by atoms with Gasteiger partial charge in [-0.1, -0.05) is 6.92 Å². The molecule has 2 amide bonds. The molecule has 18 heavy (non-hydrogen) atoms. The first kappa shape index (κ1) is 16.7. The van der Waals surface area contributed by atoms with Crippen molar-refractivity contribution in [3.05, 3.63) is 0 Å². The summed E-state index contributed by atoms with van der Waals surface area (Å²) in [6.07, 6.45) is -0.0327. The van der Waals surface area contributed by atoms with E-state index in [1.165, 1.54) is 19.1 Å². The number of nitrogens with zero attached hydrogens (tertiary/aromatic N) is 2. The number of carbonyl (C=O) groups excluding carboxylic acids is 2. The molecule has 0 aliphatic heterocycles. The summed E-state index contributed by atoms with van der Waals surface area (Å²) in [5, 5.41) is 1.11. The molecule has 1 atom stereocenters. The maximum absolute atomic E-state index is 12.0. The van der Waals surface area contributed by atoms with Crippen molar-refractivity contribution < 1.29 is 19.2 Å². The lowest BCUT2D eigenvalue weighted by Crippen LogP contribution is -2.49. The van der Waals surface area contributed by atoms with Crippen LogP contribution in [0.2, 0.25) is 0 Å². The fraction of sp³-hybridized carbons (Fsp3) is 0.833. The number of ether oxygens (including phenoxy) is 1. The van der Waals surface area contributed by atoms with Crippen LogP contribution in [0.15, 0.2) is 0 Å². The van der Waals surface area contributed by atoms with Crippen LogP contribution in [-0.4, -0.2) is 54.8 Å². The Hall–Kier alpha value is -1.30. The highest BCUT2D eigenvalue weighted by Crippen LogP contribution is 2.13. The first-order chi connectivity index (χ1) is 8.14. The number of hydrogen-bond acceptors (Lipinski definition) is 4. The van der Waals surface area contributed by atoms with Crippen molar-refractivity contribution in [1.82, 2.24) is 9.96 Å². The Bertz CT molecular complexity index is 299. The van der Waals surface area contributed by atoms with Gasteiger partial charge in [0.1, 0.15) is 11.6 Å². The molecule has 0 N–H and O–H groups in total. The van der Waals surface area contributed by atoms with Crippen LogP contribution in [0.1, 0.15) is 34.1 Å². The fourth-order valence-electron chi connectivity index (χ4n) is 1.38. The predicted molar refractivity (Wildman–Crippen MR) is 67.9 cm³/mol. The number of likely N-dealkylation sites (N-methyl/N-ethyl adjacent to an activating group) is 2. The van der Waals surface area contributed by atoms with Crippen molar-refractivity contribution in [3.8, 4) is 0 Å².